The van der Waals surface area contributed by atoms with Crippen LogP contribution in [0.1, 0.15) is 12.0 Å². The molecule has 8 nitrogen and oxygen atoms in total. The lowest BCUT2D eigenvalue weighted by atomic mass is 10.1. The predicted octanol–water partition coefficient (Wildman–Crippen LogP) is 0.634. The molecule has 1 aliphatic rings. The minimum Gasteiger partial charge on any atom is -0.370 e. The third-order valence-corrected chi connectivity index (χ3v) is 3.85. The van der Waals surface area contributed by atoms with Crippen LogP contribution in [0.3, 0.4) is 0 Å². The van der Waals surface area contributed by atoms with Gasteiger partial charge in [0.25, 0.3) is 24.7 Å². The van der Waals surface area contributed by atoms with Crippen molar-refractivity contribution in [2.45, 2.75) is 18.9 Å². The zero-order chi connectivity index (χ0) is 20.8. The van der Waals surface area contributed by atoms with Gasteiger partial charge in [-0.1, -0.05) is 0 Å². The average Bonchev–Trinajstić information content (AvgIpc) is 2.62. The molecule has 1 fully saturated rings. The van der Waals surface area contributed by atoms with Gasteiger partial charge in [0, 0.05) is 23.5 Å². The standard InChI is InChI=1S/C16H18F4N4O4/c17-11(18)6-22-13(15(21)26)16(27)23-10-2-1-8(5-9(10)14(19)20)24-3-4-28-7-12(24)25/h1-2,5,11,13-14,22H,3-4,6-7H2,(H2,21,26)(H,23,27)/t13-/m1/s1. The van der Waals surface area contributed by atoms with Crippen LogP contribution in [-0.4, -0.2) is 56.5 Å². The molecule has 1 heterocycles. The van der Waals surface area contributed by atoms with E-state index < -0.39 is 48.7 Å². The van der Waals surface area contributed by atoms with E-state index in [2.05, 4.69) is 5.32 Å². The molecule has 0 spiro atoms. The van der Waals surface area contributed by atoms with Crippen molar-refractivity contribution in [1.29, 1.82) is 0 Å². The fraction of sp³-hybridized carbons (Fsp3) is 0.438. The number of nitrogens with one attached hydrogen (secondary N) is 2. The molecule has 1 atom stereocenters. The number of benzene rings is 1. The molecule has 12 heteroatoms. The van der Waals surface area contributed by atoms with E-state index in [-0.39, 0.29) is 31.1 Å². The summed E-state index contributed by atoms with van der Waals surface area (Å²) in [6, 6.07) is 1.65. The molecular formula is C16H18F4N4O4. The molecule has 0 unspecified atom stereocenters. The van der Waals surface area contributed by atoms with Crippen molar-refractivity contribution in [1.82, 2.24) is 5.32 Å². The van der Waals surface area contributed by atoms with E-state index in [0.29, 0.717) is 0 Å². The summed E-state index contributed by atoms with van der Waals surface area (Å²) in [6.45, 7) is -0.752. The van der Waals surface area contributed by atoms with E-state index in [9.17, 15) is 31.9 Å². The Labute approximate surface area is 157 Å². The Bertz CT molecular complexity index is 747. The maximum Gasteiger partial charge on any atom is 0.265 e. The zero-order valence-corrected chi connectivity index (χ0v) is 14.5. The first kappa shape index (κ1) is 21.6. The summed E-state index contributed by atoms with van der Waals surface area (Å²) in [5.74, 6) is -2.81. The quantitative estimate of drug-likeness (QED) is 0.433. The number of morpholine rings is 1. The van der Waals surface area contributed by atoms with Crippen molar-refractivity contribution < 1.29 is 36.7 Å². The molecular weight excluding hydrogens is 388 g/mol. The lowest BCUT2D eigenvalue weighted by Crippen LogP contribution is -2.51. The fourth-order valence-corrected chi connectivity index (χ4v) is 2.54. The van der Waals surface area contributed by atoms with Gasteiger partial charge in [-0.3, -0.25) is 19.7 Å². The highest BCUT2D eigenvalue weighted by atomic mass is 19.3. The van der Waals surface area contributed by atoms with E-state index in [0.717, 1.165) is 12.1 Å². The highest BCUT2D eigenvalue weighted by molar-refractivity contribution is 6.10. The Morgan fingerprint density at radius 3 is 2.54 bits per heavy atom. The normalized spacial score (nSPS) is 15.8. The second-order valence-corrected chi connectivity index (χ2v) is 5.79. The molecule has 4 N–H and O–H groups in total. The SMILES string of the molecule is NC(=O)[C@@H](NCC(F)F)C(=O)Nc1ccc(N2CCOCC2=O)cc1C(F)F. The van der Waals surface area contributed by atoms with Gasteiger partial charge >= 0.3 is 0 Å². The minimum atomic E-state index is -3.02. The molecule has 1 aliphatic heterocycles. The fourth-order valence-electron chi connectivity index (χ4n) is 2.54. The van der Waals surface area contributed by atoms with Crippen molar-refractivity contribution in [3.63, 3.8) is 0 Å². The molecule has 1 aromatic carbocycles. The number of nitrogens with two attached hydrogens (primary N) is 1. The number of nitrogens with zero attached hydrogens (tertiary/aromatic N) is 1. The maximum atomic E-state index is 13.5. The molecule has 3 amide bonds. The first-order valence-electron chi connectivity index (χ1n) is 8.12. The number of carbonyl (C=O) groups is 3. The topological polar surface area (TPSA) is 114 Å². The van der Waals surface area contributed by atoms with Crippen LogP contribution in [0.25, 0.3) is 0 Å². The highest BCUT2D eigenvalue weighted by Gasteiger charge is 2.28. The van der Waals surface area contributed by atoms with Gasteiger partial charge in [0.05, 0.1) is 13.2 Å². The van der Waals surface area contributed by atoms with Crippen LogP contribution in [0.4, 0.5) is 28.9 Å². The van der Waals surface area contributed by atoms with Gasteiger partial charge in [-0.25, -0.2) is 17.6 Å². The number of primary amides is 1. The van der Waals surface area contributed by atoms with E-state index in [1.54, 1.807) is 0 Å². The minimum absolute atomic E-state index is 0.175. The lowest BCUT2D eigenvalue weighted by molar-refractivity contribution is -0.128. The maximum absolute atomic E-state index is 13.5. The van der Waals surface area contributed by atoms with Crippen LogP contribution in [0.15, 0.2) is 18.2 Å². The van der Waals surface area contributed by atoms with E-state index in [4.69, 9.17) is 10.5 Å². The number of hydrogen-bond acceptors (Lipinski definition) is 5. The van der Waals surface area contributed by atoms with Crippen LogP contribution in [0.5, 0.6) is 0 Å². The summed E-state index contributed by atoms with van der Waals surface area (Å²) in [5, 5.41) is 4.05. The average molecular weight is 406 g/mol. The van der Waals surface area contributed by atoms with Crippen molar-refractivity contribution >= 4 is 29.1 Å². The summed E-state index contributed by atoms with van der Waals surface area (Å²) < 4.78 is 56.4. The molecule has 0 aromatic heterocycles. The molecule has 2 rings (SSSR count). The van der Waals surface area contributed by atoms with E-state index in [1.807, 2.05) is 5.32 Å². The molecule has 28 heavy (non-hydrogen) atoms. The molecule has 0 radical (unpaired) electrons. The van der Waals surface area contributed by atoms with Gasteiger partial charge in [0.15, 0.2) is 6.04 Å². The van der Waals surface area contributed by atoms with E-state index >= 15 is 0 Å². The van der Waals surface area contributed by atoms with Gasteiger partial charge in [0.2, 0.25) is 5.91 Å². The molecule has 0 aliphatic carbocycles. The third-order valence-electron chi connectivity index (χ3n) is 3.85. The van der Waals surface area contributed by atoms with Crippen LogP contribution >= 0.6 is 0 Å². The number of carbonyl (C=O) groups excluding carboxylic acids is 3. The molecule has 1 aromatic rings. The Morgan fingerprint density at radius 2 is 1.96 bits per heavy atom. The molecule has 1 saturated heterocycles. The summed E-state index contributed by atoms with van der Waals surface area (Å²) in [7, 11) is 0. The number of halogens is 4. The first-order chi connectivity index (χ1) is 13.2. The van der Waals surface area contributed by atoms with Gasteiger partial charge < -0.3 is 20.7 Å². The summed E-state index contributed by atoms with van der Waals surface area (Å²) in [5.41, 5.74) is 4.24. The number of rotatable bonds is 8. The molecule has 0 saturated carbocycles. The largest absolute Gasteiger partial charge is 0.370 e. The van der Waals surface area contributed by atoms with Crippen LogP contribution in [-0.2, 0) is 19.1 Å². The van der Waals surface area contributed by atoms with Gasteiger partial charge in [-0.05, 0) is 18.2 Å². The van der Waals surface area contributed by atoms with Crippen LogP contribution in [0, 0.1) is 0 Å². The predicted molar refractivity (Wildman–Crippen MR) is 90.2 cm³/mol. The van der Waals surface area contributed by atoms with E-state index in [1.165, 1.54) is 11.0 Å². The Kier molecular flexibility index (Phi) is 7.29. The van der Waals surface area contributed by atoms with Crippen molar-refractivity contribution in [3.05, 3.63) is 23.8 Å². The summed E-state index contributed by atoms with van der Waals surface area (Å²) in [4.78, 5) is 36.6. The second kappa shape index (κ2) is 9.46. The van der Waals surface area contributed by atoms with Crippen molar-refractivity contribution in [2.24, 2.45) is 5.73 Å². The number of alkyl halides is 4. The number of amides is 3. The monoisotopic (exact) mass is 406 g/mol. The van der Waals surface area contributed by atoms with Gasteiger partial charge in [-0.15, -0.1) is 0 Å². The number of ether oxygens (including phenoxy) is 1. The summed E-state index contributed by atoms with van der Waals surface area (Å²) in [6.07, 6.45) is -5.87. The highest BCUT2D eigenvalue weighted by Crippen LogP contribution is 2.32. The van der Waals surface area contributed by atoms with Gasteiger partial charge in [-0.2, -0.15) is 0 Å². The van der Waals surface area contributed by atoms with Crippen molar-refractivity contribution in [3.8, 4) is 0 Å². The van der Waals surface area contributed by atoms with Gasteiger partial charge in [0.1, 0.15) is 6.61 Å². The van der Waals surface area contributed by atoms with Crippen LogP contribution < -0.4 is 21.3 Å². The molecule has 0 bridgehead atoms. The van der Waals surface area contributed by atoms with Crippen molar-refractivity contribution in [2.75, 3.05) is 36.5 Å². The zero-order valence-electron chi connectivity index (χ0n) is 14.5. The first-order valence-corrected chi connectivity index (χ1v) is 8.12. The Hall–Kier alpha value is -2.73. The third kappa shape index (κ3) is 5.39. The number of anilines is 2. The Balaban J connectivity index is 2.23. The molecule has 154 valence electrons. The number of hydrogen-bond donors (Lipinski definition) is 3. The van der Waals surface area contributed by atoms with Crippen LogP contribution in [0.2, 0.25) is 0 Å². The smallest absolute Gasteiger partial charge is 0.265 e. The Morgan fingerprint density at radius 1 is 1.25 bits per heavy atom. The second-order valence-electron chi connectivity index (χ2n) is 5.79. The summed E-state index contributed by atoms with van der Waals surface area (Å²) >= 11 is 0. The lowest BCUT2D eigenvalue weighted by Gasteiger charge is -2.27.